The van der Waals surface area contributed by atoms with Crippen LogP contribution in [0.25, 0.3) is 16.8 Å². The van der Waals surface area contributed by atoms with Crippen LogP contribution < -0.4 is 14.2 Å². The SMILES string of the molecule is COc1ccc2c3c(c(OC)cc2c1)OC(c1ccccc1)(c1ccccc1)C=C3. The highest BCUT2D eigenvalue weighted by molar-refractivity contribution is 5.96. The van der Waals surface area contributed by atoms with Crippen LogP contribution in [-0.4, -0.2) is 14.2 Å². The molecule has 0 N–H and O–H groups in total. The van der Waals surface area contributed by atoms with E-state index in [-0.39, 0.29) is 0 Å². The van der Waals surface area contributed by atoms with Crippen LogP contribution in [0.1, 0.15) is 16.7 Å². The molecule has 0 radical (unpaired) electrons. The summed E-state index contributed by atoms with van der Waals surface area (Å²) >= 11 is 0. The first kappa shape index (κ1) is 18.3. The number of hydrogen-bond donors (Lipinski definition) is 0. The average molecular weight is 394 g/mol. The Morgan fingerprint density at radius 1 is 0.733 bits per heavy atom. The predicted octanol–water partition coefficient (Wildman–Crippen LogP) is 6.21. The van der Waals surface area contributed by atoms with Crippen LogP contribution in [0.3, 0.4) is 0 Å². The summed E-state index contributed by atoms with van der Waals surface area (Å²) in [5, 5.41) is 2.14. The van der Waals surface area contributed by atoms with Crippen LogP contribution in [0.15, 0.2) is 91.0 Å². The van der Waals surface area contributed by atoms with Gasteiger partial charge in [0.2, 0.25) is 0 Å². The standard InChI is InChI=1S/C27H22O3/c1-28-22-13-14-23-19(17-22)18-25(29-2)26-24(23)15-16-27(30-26,20-9-5-3-6-10-20)21-11-7-4-8-12-21/h3-18H,1-2H3. The minimum atomic E-state index is -0.733. The van der Waals surface area contributed by atoms with Gasteiger partial charge in [0, 0.05) is 16.7 Å². The highest BCUT2D eigenvalue weighted by atomic mass is 16.5. The van der Waals surface area contributed by atoms with E-state index in [2.05, 4.69) is 42.5 Å². The zero-order valence-electron chi connectivity index (χ0n) is 17.0. The molecule has 0 saturated heterocycles. The summed E-state index contributed by atoms with van der Waals surface area (Å²) in [6.07, 6.45) is 4.29. The highest BCUT2D eigenvalue weighted by Gasteiger charge is 2.38. The maximum atomic E-state index is 6.84. The van der Waals surface area contributed by atoms with Crippen molar-refractivity contribution in [3.63, 3.8) is 0 Å². The Hall–Kier alpha value is -3.72. The van der Waals surface area contributed by atoms with E-state index >= 15 is 0 Å². The maximum Gasteiger partial charge on any atom is 0.178 e. The Kier molecular flexibility index (Phi) is 4.44. The van der Waals surface area contributed by atoms with Crippen molar-refractivity contribution in [1.82, 2.24) is 0 Å². The van der Waals surface area contributed by atoms with Gasteiger partial charge in [-0.1, -0.05) is 60.7 Å². The molecule has 0 aromatic heterocycles. The fourth-order valence-electron chi connectivity index (χ4n) is 4.16. The smallest absolute Gasteiger partial charge is 0.178 e. The van der Waals surface area contributed by atoms with Crippen LogP contribution in [-0.2, 0) is 5.60 Å². The molecule has 0 saturated carbocycles. The molecule has 4 aromatic carbocycles. The molecule has 30 heavy (non-hydrogen) atoms. The topological polar surface area (TPSA) is 27.7 Å². The molecule has 0 bridgehead atoms. The van der Waals surface area contributed by atoms with Crippen molar-refractivity contribution in [3.8, 4) is 17.2 Å². The van der Waals surface area contributed by atoms with Crippen LogP contribution in [0.2, 0.25) is 0 Å². The molecule has 0 aliphatic carbocycles. The monoisotopic (exact) mass is 394 g/mol. The van der Waals surface area contributed by atoms with Crippen molar-refractivity contribution in [2.45, 2.75) is 5.60 Å². The Morgan fingerprint density at radius 3 is 2.00 bits per heavy atom. The average Bonchev–Trinajstić information content (AvgIpc) is 2.83. The van der Waals surface area contributed by atoms with Gasteiger partial charge in [-0.2, -0.15) is 0 Å². The summed E-state index contributed by atoms with van der Waals surface area (Å²) in [5.41, 5.74) is 2.41. The largest absolute Gasteiger partial charge is 0.497 e. The minimum absolute atomic E-state index is 0.700. The van der Waals surface area contributed by atoms with E-state index in [0.29, 0.717) is 5.75 Å². The van der Waals surface area contributed by atoms with E-state index in [0.717, 1.165) is 39.0 Å². The quantitative estimate of drug-likeness (QED) is 0.412. The summed E-state index contributed by atoms with van der Waals surface area (Å²) in [5.74, 6) is 2.25. The lowest BCUT2D eigenvalue weighted by Crippen LogP contribution is -2.34. The van der Waals surface area contributed by atoms with Crippen molar-refractivity contribution in [2.75, 3.05) is 14.2 Å². The number of methoxy groups -OCH3 is 2. The first-order valence-electron chi connectivity index (χ1n) is 9.93. The van der Waals surface area contributed by atoms with Gasteiger partial charge >= 0.3 is 0 Å². The number of hydrogen-bond acceptors (Lipinski definition) is 3. The van der Waals surface area contributed by atoms with E-state index in [1.54, 1.807) is 14.2 Å². The van der Waals surface area contributed by atoms with Crippen LogP contribution >= 0.6 is 0 Å². The van der Waals surface area contributed by atoms with Gasteiger partial charge in [0.05, 0.1) is 14.2 Å². The third-order valence-electron chi connectivity index (χ3n) is 5.68. The molecule has 0 amide bonds. The van der Waals surface area contributed by atoms with Gasteiger partial charge in [-0.25, -0.2) is 0 Å². The fourth-order valence-corrected chi connectivity index (χ4v) is 4.16. The second-order valence-electron chi connectivity index (χ2n) is 7.31. The molecule has 1 aliphatic heterocycles. The predicted molar refractivity (Wildman–Crippen MR) is 120 cm³/mol. The highest BCUT2D eigenvalue weighted by Crippen LogP contribution is 2.48. The molecule has 0 atom stereocenters. The normalized spacial score (nSPS) is 14.1. The van der Waals surface area contributed by atoms with Gasteiger partial charge in [0.15, 0.2) is 17.1 Å². The lowest BCUT2D eigenvalue weighted by atomic mass is 9.83. The third kappa shape index (κ3) is 2.82. The van der Waals surface area contributed by atoms with Crippen LogP contribution in [0.4, 0.5) is 0 Å². The molecule has 1 heterocycles. The van der Waals surface area contributed by atoms with Gasteiger partial charge in [0.25, 0.3) is 0 Å². The van der Waals surface area contributed by atoms with E-state index in [4.69, 9.17) is 14.2 Å². The second-order valence-corrected chi connectivity index (χ2v) is 7.31. The van der Waals surface area contributed by atoms with Crippen molar-refractivity contribution in [1.29, 1.82) is 0 Å². The number of ether oxygens (including phenoxy) is 3. The van der Waals surface area contributed by atoms with Gasteiger partial charge in [-0.05, 0) is 47.2 Å². The third-order valence-corrected chi connectivity index (χ3v) is 5.68. The second kappa shape index (κ2) is 7.27. The molecular weight excluding hydrogens is 372 g/mol. The van der Waals surface area contributed by atoms with Gasteiger partial charge in [-0.15, -0.1) is 0 Å². The summed E-state index contributed by atoms with van der Waals surface area (Å²) in [6.45, 7) is 0. The fraction of sp³-hybridized carbons (Fsp3) is 0.111. The number of rotatable bonds is 4. The zero-order valence-corrected chi connectivity index (χ0v) is 17.0. The molecule has 0 spiro atoms. The maximum absolute atomic E-state index is 6.84. The molecule has 0 fully saturated rings. The molecule has 148 valence electrons. The number of fused-ring (bicyclic) bond motifs is 3. The molecule has 3 nitrogen and oxygen atoms in total. The summed E-state index contributed by atoms with van der Waals surface area (Å²) in [7, 11) is 3.35. The zero-order chi connectivity index (χ0) is 20.6. The van der Waals surface area contributed by atoms with Gasteiger partial charge in [0.1, 0.15) is 5.75 Å². The molecule has 3 heteroatoms. The summed E-state index contributed by atoms with van der Waals surface area (Å²) < 4.78 is 18.0. The lowest BCUT2D eigenvalue weighted by molar-refractivity contribution is 0.154. The Morgan fingerprint density at radius 2 is 1.40 bits per heavy atom. The summed E-state index contributed by atoms with van der Waals surface area (Å²) in [4.78, 5) is 0. The van der Waals surface area contributed by atoms with E-state index in [1.807, 2.05) is 54.6 Å². The first-order valence-corrected chi connectivity index (χ1v) is 9.93. The van der Waals surface area contributed by atoms with E-state index < -0.39 is 5.60 Å². The lowest BCUT2D eigenvalue weighted by Gasteiger charge is -2.37. The first-order chi connectivity index (χ1) is 14.7. The van der Waals surface area contributed by atoms with Gasteiger partial charge < -0.3 is 14.2 Å². The summed E-state index contributed by atoms with van der Waals surface area (Å²) in [6, 6.07) is 28.6. The molecule has 0 unspecified atom stereocenters. The van der Waals surface area contributed by atoms with E-state index in [9.17, 15) is 0 Å². The van der Waals surface area contributed by atoms with Crippen LogP contribution in [0.5, 0.6) is 17.2 Å². The van der Waals surface area contributed by atoms with Crippen molar-refractivity contribution >= 4 is 16.8 Å². The molecule has 5 rings (SSSR count). The van der Waals surface area contributed by atoms with Gasteiger partial charge in [-0.3, -0.25) is 0 Å². The Bertz CT molecular complexity index is 1190. The van der Waals surface area contributed by atoms with Crippen LogP contribution in [0, 0.1) is 0 Å². The molecule has 4 aromatic rings. The molecule has 1 aliphatic rings. The van der Waals surface area contributed by atoms with Crippen molar-refractivity contribution in [3.05, 3.63) is 108 Å². The molecular formula is C27H22O3. The van der Waals surface area contributed by atoms with E-state index in [1.165, 1.54) is 0 Å². The van der Waals surface area contributed by atoms with Crippen molar-refractivity contribution < 1.29 is 14.2 Å². The Labute approximate surface area is 176 Å². The minimum Gasteiger partial charge on any atom is -0.497 e. The Balaban J connectivity index is 1.76. The van der Waals surface area contributed by atoms with Crippen molar-refractivity contribution in [2.24, 2.45) is 0 Å². The number of benzene rings is 4.